The van der Waals surface area contributed by atoms with Gasteiger partial charge in [0.2, 0.25) is 0 Å². The Morgan fingerprint density at radius 1 is 1.33 bits per heavy atom. The second-order valence-electron chi connectivity index (χ2n) is 3.62. The average Bonchev–Trinajstić information content (AvgIpc) is 2.27. The van der Waals surface area contributed by atoms with Crippen LogP contribution in [0.15, 0.2) is 49.1 Å². The minimum absolute atomic E-state index is 0.267. The van der Waals surface area contributed by atoms with E-state index in [4.69, 9.17) is 5.73 Å². The highest BCUT2D eigenvalue weighted by atomic mass is 19.4. The fourth-order valence-corrected chi connectivity index (χ4v) is 1.61. The minimum atomic E-state index is -4.45. The zero-order valence-corrected chi connectivity index (χ0v) is 9.96. The number of anilines is 1. The van der Waals surface area contributed by atoms with Crippen molar-refractivity contribution in [1.29, 1.82) is 0 Å². The number of nitrogen functional groups attached to an aromatic ring is 1. The van der Waals surface area contributed by atoms with Crippen LogP contribution in [0.2, 0.25) is 0 Å². The van der Waals surface area contributed by atoms with E-state index >= 15 is 0 Å². The van der Waals surface area contributed by atoms with Gasteiger partial charge in [-0.3, -0.25) is 0 Å². The van der Waals surface area contributed by atoms with Crippen molar-refractivity contribution in [3.05, 3.63) is 60.2 Å². The van der Waals surface area contributed by atoms with E-state index in [1.807, 2.05) is 0 Å². The number of para-hydroxylation sites is 1. The lowest BCUT2D eigenvalue weighted by molar-refractivity contribution is -0.136. The molecule has 0 aliphatic carbocycles. The van der Waals surface area contributed by atoms with Crippen molar-refractivity contribution in [3.8, 4) is 0 Å². The minimum Gasteiger partial charge on any atom is -0.398 e. The molecule has 1 aromatic carbocycles. The van der Waals surface area contributed by atoms with Crippen LogP contribution in [-0.2, 0) is 6.18 Å². The summed E-state index contributed by atoms with van der Waals surface area (Å²) in [6, 6.07) is 3.87. The van der Waals surface area contributed by atoms with E-state index in [-0.39, 0.29) is 5.69 Å². The van der Waals surface area contributed by atoms with Crippen LogP contribution in [-0.4, -0.2) is 0 Å². The Hall–Kier alpha value is -1.97. The first-order chi connectivity index (χ1) is 8.41. The summed E-state index contributed by atoms with van der Waals surface area (Å²) in [7, 11) is 0. The molecule has 0 radical (unpaired) electrons. The van der Waals surface area contributed by atoms with Crippen LogP contribution in [0.3, 0.4) is 0 Å². The number of hydrogen-bond donors (Lipinski definition) is 1. The quantitative estimate of drug-likeness (QED) is 0.625. The highest BCUT2D eigenvalue weighted by Gasteiger charge is 2.33. The third-order valence-corrected chi connectivity index (χ3v) is 2.37. The normalized spacial score (nSPS) is 13.0. The fraction of sp³-hybridized carbons (Fsp3) is 0.143. The maximum Gasteiger partial charge on any atom is 0.418 e. The van der Waals surface area contributed by atoms with E-state index in [9.17, 15) is 13.2 Å². The first-order valence-electron chi connectivity index (χ1n) is 5.33. The lowest BCUT2D eigenvalue weighted by Crippen LogP contribution is -2.10. The zero-order valence-electron chi connectivity index (χ0n) is 9.96. The van der Waals surface area contributed by atoms with Crippen LogP contribution in [0.1, 0.15) is 18.1 Å². The number of rotatable bonds is 3. The highest BCUT2D eigenvalue weighted by Crippen LogP contribution is 2.37. The highest BCUT2D eigenvalue weighted by molar-refractivity contribution is 5.83. The van der Waals surface area contributed by atoms with Crippen LogP contribution in [0.25, 0.3) is 5.57 Å². The predicted molar refractivity (Wildman–Crippen MR) is 68.8 cm³/mol. The topological polar surface area (TPSA) is 26.0 Å². The first kappa shape index (κ1) is 14.1. The van der Waals surface area contributed by atoms with Crippen molar-refractivity contribution in [2.24, 2.45) is 0 Å². The lowest BCUT2D eigenvalue weighted by Gasteiger charge is -2.14. The predicted octanol–water partition coefficient (Wildman–Crippen LogP) is 4.43. The summed E-state index contributed by atoms with van der Waals surface area (Å²) < 4.78 is 38.2. The SMILES string of the molecule is C=C/C=C(\C=C/C)c1cccc(C(F)(F)F)c1N. The fourth-order valence-electron chi connectivity index (χ4n) is 1.61. The molecule has 96 valence electrons. The Bertz CT molecular complexity index is 496. The standard InChI is InChI=1S/C14H14F3N/c1-3-6-10(7-4-2)11-8-5-9-12(13(11)18)14(15,16)17/h3-9H,1,18H2,2H3/b7-4-,10-6+. The number of halogens is 3. The molecular formula is C14H14F3N. The van der Waals surface area contributed by atoms with Gasteiger partial charge in [0.25, 0.3) is 0 Å². The second-order valence-corrected chi connectivity index (χ2v) is 3.62. The van der Waals surface area contributed by atoms with Gasteiger partial charge in [0, 0.05) is 5.56 Å². The number of benzene rings is 1. The van der Waals surface area contributed by atoms with E-state index in [0.717, 1.165) is 6.07 Å². The van der Waals surface area contributed by atoms with Gasteiger partial charge in [-0.05, 0) is 18.6 Å². The van der Waals surface area contributed by atoms with Crippen LogP contribution in [0.4, 0.5) is 18.9 Å². The monoisotopic (exact) mass is 253 g/mol. The molecule has 0 atom stereocenters. The number of hydrogen-bond acceptors (Lipinski definition) is 1. The van der Waals surface area contributed by atoms with Crippen molar-refractivity contribution in [1.82, 2.24) is 0 Å². The molecule has 0 aliphatic heterocycles. The number of alkyl halides is 3. The number of allylic oxidation sites excluding steroid dienone is 5. The van der Waals surface area contributed by atoms with Gasteiger partial charge in [-0.1, -0.05) is 43.0 Å². The molecule has 0 fully saturated rings. The van der Waals surface area contributed by atoms with Crippen molar-refractivity contribution in [2.75, 3.05) is 5.73 Å². The zero-order chi connectivity index (χ0) is 13.8. The Morgan fingerprint density at radius 3 is 2.50 bits per heavy atom. The van der Waals surface area contributed by atoms with Crippen molar-refractivity contribution in [2.45, 2.75) is 13.1 Å². The van der Waals surface area contributed by atoms with Crippen molar-refractivity contribution in [3.63, 3.8) is 0 Å². The summed E-state index contributed by atoms with van der Waals surface area (Å²) in [6.07, 6.45) is 2.10. The molecule has 1 nitrogen and oxygen atoms in total. The molecule has 0 amide bonds. The van der Waals surface area contributed by atoms with Gasteiger partial charge in [0.05, 0.1) is 11.3 Å². The Labute approximate surface area is 104 Å². The third-order valence-electron chi connectivity index (χ3n) is 2.37. The molecule has 4 heteroatoms. The van der Waals surface area contributed by atoms with E-state index in [0.29, 0.717) is 11.1 Å². The molecule has 18 heavy (non-hydrogen) atoms. The van der Waals surface area contributed by atoms with Crippen LogP contribution in [0.5, 0.6) is 0 Å². The Balaban J connectivity index is 3.43. The van der Waals surface area contributed by atoms with Gasteiger partial charge in [-0.2, -0.15) is 13.2 Å². The second kappa shape index (κ2) is 5.58. The molecule has 0 unspecified atom stereocenters. The van der Waals surface area contributed by atoms with Gasteiger partial charge in [0.1, 0.15) is 0 Å². The number of nitrogens with two attached hydrogens (primary N) is 1. The van der Waals surface area contributed by atoms with Gasteiger partial charge in [-0.15, -0.1) is 0 Å². The molecule has 1 rings (SSSR count). The van der Waals surface area contributed by atoms with Crippen LogP contribution < -0.4 is 5.73 Å². The van der Waals surface area contributed by atoms with Crippen LogP contribution >= 0.6 is 0 Å². The molecular weight excluding hydrogens is 239 g/mol. The summed E-state index contributed by atoms with van der Waals surface area (Å²) in [4.78, 5) is 0. The smallest absolute Gasteiger partial charge is 0.398 e. The van der Waals surface area contributed by atoms with E-state index in [2.05, 4.69) is 6.58 Å². The molecule has 0 aliphatic rings. The summed E-state index contributed by atoms with van der Waals surface area (Å²) in [6.45, 7) is 5.31. The van der Waals surface area contributed by atoms with E-state index < -0.39 is 11.7 Å². The first-order valence-corrected chi connectivity index (χ1v) is 5.33. The van der Waals surface area contributed by atoms with Gasteiger partial charge >= 0.3 is 6.18 Å². The molecule has 0 bridgehead atoms. The molecule has 0 saturated carbocycles. The maximum atomic E-state index is 12.7. The lowest BCUT2D eigenvalue weighted by atomic mass is 9.99. The summed E-state index contributed by atoms with van der Waals surface area (Å²) >= 11 is 0. The van der Waals surface area contributed by atoms with E-state index in [1.54, 1.807) is 31.2 Å². The molecule has 0 spiro atoms. The van der Waals surface area contributed by atoms with Crippen LogP contribution in [0, 0.1) is 0 Å². The maximum absolute atomic E-state index is 12.7. The van der Waals surface area contributed by atoms with Crippen molar-refractivity contribution >= 4 is 11.3 Å². The van der Waals surface area contributed by atoms with Gasteiger partial charge < -0.3 is 5.73 Å². The molecule has 0 heterocycles. The molecule has 2 N–H and O–H groups in total. The van der Waals surface area contributed by atoms with Crippen molar-refractivity contribution < 1.29 is 13.2 Å². The average molecular weight is 253 g/mol. The summed E-state index contributed by atoms with van der Waals surface area (Å²) in [5, 5.41) is 0. The molecule has 0 saturated heterocycles. The van der Waals surface area contributed by atoms with E-state index in [1.165, 1.54) is 12.1 Å². The largest absolute Gasteiger partial charge is 0.418 e. The van der Waals surface area contributed by atoms with Gasteiger partial charge in [0.15, 0.2) is 0 Å². The molecule has 1 aromatic rings. The van der Waals surface area contributed by atoms with Gasteiger partial charge in [-0.25, -0.2) is 0 Å². The molecule has 0 aromatic heterocycles. The third kappa shape index (κ3) is 3.03. The Kier molecular flexibility index (Phi) is 4.37. The summed E-state index contributed by atoms with van der Waals surface area (Å²) in [5.74, 6) is 0. The Morgan fingerprint density at radius 2 is 2.00 bits per heavy atom. The summed E-state index contributed by atoms with van der Waals surface area (Å²) in [5.41, 5.74) is 5.46.